The molecule has 0 aromatic heterocycles. The smallest absolute Gasteiger partial charge is 0.326 e. The molecule has 1 aromatic rings. The lowest BCUT2D eigenvalue weighted by atomic mass is 10.1. The molecule has 5 heteroatoms. The number of hydrogen-bond donors (Lipinski definition) is 2. The van der Waals surface area contributed by atoms with Crippen molar-refractivity contribution < 1.29 is 14.7 Å². The van der Waals surface area contributed by atoms with E-state index in [4.69, 9.17) is 0 Å². The Labute approximate surface area is 119 Å². The average Bonchev–Trinajstić information content (AvgIpc) is 2.45. The van der Waals surface area contributed by atoms with Gasteiger partial charge < -0.3 is 10.4 Å². The van der Waals surface area contributed by atoms with Crippen molar-refractivity contribution in [2.24, 2.45) is 0 Å². The minimum absolute atomic E-state index is 0.228. The zero-order chi connectivity index (χ0) is 15.0. The molecule has 1 amide bonds. The summed E-state index contributed by atoms with van der Waals surface area (Å²) in [4.78, 5) is 25.0. The minimum Gasteiger partial charge on any atom is -0.480 e. The van der Waals surface area contributed by atoms with Crippen LogP contribution in [0.25, 0.3) is 0 Å². The zero-order valence-corrected chi connectivity index (χ0v) is 12.0. The Morgan fingerprint density at radius 1 is 1.20 bits per heavy atom. The Morgan fingerprint density at radius 2 is 1.80 bits per heavy atom. The van der Waals surface area contributed by atoms with Crippen LogP contribution in [0.2, 0.25) is 0 Å². The van der Waals surface area contributed by atoms with Crippen LogP contribution in [0.4, 0.5) is 0 Å². The number of carboxylic acids is 1. The molecule has 0 unspecified atom stereocenters. The molecule has 20 heavy (non-hydrogen) atoms. The largest absolute Gasteiger partial charge is 0.480 e. The summed E-state index contributed by atoms with van der Waals surface area (Å²) in [7, 11) is 0. The molecule has 0 radical (unpaired) electrons. The highest BCUT2D eigenvalue weighted by atomic mass is 16.4. The number of carboxylic acid groups (broad SMARTS) is 1. The fourth-order valence-corrected chi connectivity index (χ4v) is 1.94. The van der Waals surface area contributed by atoms with Crippen molar-refractivity contribution in [3.8, 4) is 0 Å². The van der Waals surface area contributed by atoms with E-state index in [9.17, 15) is 14.7 Å². The lowest BCUT2D eigenvalue weighted by Crippen LogP contribution is -2.46. The zero-order valence-electron chi connectivity index (χ0n) is 12.0. The summed E-state index contributed by atoms with van der Waals surface area (Å²) in [6, 6.07) is 8.40. The summed E-state index contributed by atoms with van der Waals surface area (Å²) in [5, 5.41) is 11.8. The summed E-state index contributed by atoms with van der Waals surface area (Å²) >= 11 is 0. The van der Waals surface area contributed by atoms with Crippen LogP contribution in [0.5, 0.6) is 0 Å². The van der Waals surface area contributed by atoms with Crippen molar-refractivity contribution in [2.75, 3.05) is 19.6 Å². The Kier molecular flexibility index (Phi) is 6.73. The quantitative estimate of drug-likeness (QED) is 0.748. The van der Waals surface area contributed by atoms with Gasteiger partial charge >= 0.3 is 5.97 Å². The molecule has 0 aliphatic rings. The molecular weight excluding hydrogens is 256 g/mol. The van der Waals surface area contributed by atoms with Gasteiger partial charge in [-0.1, -0.05) is 44.2 Å². The highest BCUT2D eigenvalue weighted by molar-refractivity contribution is 5.84. The maximum absolute atomic E-state index is 11.9. The van der Waals surface area contributed by atoms with E-state index in [0.717, 1.165) is 18.7 Å². The van der Waals surface area contributed by atoms with Crippen LogP contribution in [0.3, 0.4) is 0 Å². The van der Waals surface area contributed by atoms with Crippen LogP contribution in [0.1, 0.15) is 19.4 Å². The van der Waals surface area contributed by atoms with E-state index >= 15 is 0 Å². The Bertz CT molecular complexity index is 430. The standard InChI is InChI=1S/C15H22N2O3/c1-3-17(4-2)11-14(18)16-13(15(19)20)10-12-8-6-5-7-9-12/h5-9,13H,3-4,10-11H2,1-2H3,(H,16,18)(H,19,20)/t13-/m0/s1. The van der Waals surface area contributed by atoms with Gasteiger partial charge in [0, 0.05) is 6.42 Å². The van der Waals surface area contributed by atoms with Gasteiger partial charge in [0.15, 0.2) is 0 Å². The normalized spacial score (nSPS) is 12.2. The van der Waals surface area contributed by atoms with Crippen LogP contribution in [-0.2, 0) is 16.0 Å². The third-order valence-corrected chi connectivity index (χ3v) is 3.18. The van der Waals surface area contributed by atoms with Crippen molar-refractivity contribution in [1.82, 2.24) is 10.2 Å². The molecule has 2 N–H and O–H groups in total. The van der Waals surface area contributed by atoms with Crippen LogP contribution in [0.15, 0.2) is 30.3 Å². The van der Waals surface area contributed by atoms with E-state index in [0.29, 0.717) is 6.42 Å². The van der Waals surface area contributed by atoms with Crippen molar-refractivity contribution in [3.05, 3.63) is 35.9 Å². The van der Waals surface area contributed by atoms with Crippen molar-refractivity contribution in [2.45, 2.75) is 26.3 Å². The summed E-state index contributed by atoms with van der Waals surface area (Å²) in [6.45, 7) is 5.69. The number of benzene rings is 1. The maximum atomic E-state index is 11.9. The molecule has 1 rings (SSSR count). The summed E-state index contributed by atoms with van der Waals surface area (Å²) < 4.78 is 0. The van der Waals surface area contributed by atoms with E-state index in [-0.39, 0.29) is 12.5 Å². The molecule has 0 saturated carbocycles. The summed E-state index contributed by atoms with van der Waals surface area (Å²) in [5.74, 6) is -1.27. The van der Waals surface area contributed by atoms with Crippen LogP contribution in [-0.4, -0.2) is 47.6 Å². The molecule has 0 saturated heterocycles. The topological polar surface area (TPSA) is 69.6 Å². The molecule has 0 fully saturated rings. The highest BCUT2D eigenvalue weighted by Gasteiger charge is 2.20. The minimum atomic E-state index is -1.01. The first kappa shape index (κ1) is 16.2. The third-order valence-electron chi connectivity index (χ3n) is 3.18. The number of carbonyl (C=O) groups excluding carboxylic acids is 1. The van der Waals surface area contributed by atoms with Gasteiger partial charge in [0.05, 0.1) is 6.54 Å². The molecule has 110 valence electrons. The van der Waals surface area contributed by atoms with E-state index in [2.05, 4.69) is 5.32 Å². The predicted octanol–water partition coefficient (Wildman–Crippen LogP) is 1.14. The number of likely N-dealkylation sites (N-methyl/N-ethyl adjacent to an activating group) is 1. The first-order chi connectivity index (χ1) is 9.56. The second-order valence-electron chi connectivity index (χ2n) is 4.61. The number of amides is 1. The molecular formula is C15H22N2O3. The Morgan fingerprint density at radius 3 is 2.30 bits per heavy atom. The van der Waals surface area contributed by atoms with E-state index < -0.39 is 12.0 Å². The monoisotopic (exact) mass is 278 g/mol. The van der Waals surface area contributed by atoms with Crippen molar-refractivity contribution in [1.29, 1.82) is 0 Å². The highest BCUT2D eigenvalue weighted by Crippen LogP contribution is 2.03. The van der Waals surface area contributed by atoms with Gasteiger partial charge in [-0.2, -0.15) is 0 Å². The molecule has 1 aromatic carbocycles. The molecule has 0 heterocycles. The van der Waals surface area contributed by atoms with Crippen LogP contribution >= 0.6 is 0 Å². The fourth-order valence-electron chi connectivity index (χ4n) is 1.94. The predicted molar refractivity (Wildman–Crippen MR) is 77.5 cm³/mol. The molecule has 0 spiro atoms. The summed E-state index contributed by atoms with van der Waals surface area (Å²) in [6.07, 6.45) is 0.292. The SMILES string of the molecule is CCN(CC)CC(=O)N[C@@H](Cc1ccccc1)C(=O)O. The van der Waals surface area contributed by atoms with Gasteiger partial charge in [-0.05, 0) is 18.7 Å². The lowest BCUT2D eigenvalue weighted by Gasteiger charge is -2.20. The van der Waals surface area contributed by atoms with Crippen molar-refractivity contribution >= 4 is 11.9 Å². The molecule has 1 atom stereocenters. The van der Waals surface area contributed by atoms with Crippen molar-refractivity contribution in [3.63, 3.8) is 0 Å². The lowest BCUT2D eigenvalue weighted by molar-refractivity contribution is -0.141. The molecule has 0 bridgehead atoms. The molecule has 5 nitrogen and oxygen atoms in total. The molecule has 0 aliphatic carbocycles. The number of nitrogens with one attached hydrogen (secondary N) is 1. The van der Waals surface area contributed by atoms with Crippen LogP contribution < -0.4 is 5.32 Å². The van der Waals surface area contributed by atoms with E-state index in [1.165, 1.54) is 0 Å². The van der Waals surface area contributed by atoms with Crippen LogP contribution in [0, 0.1) is 0 Å². The summed E-state index contributed by atoms with van der Waals surface area (Å²) in [5.41, 5.74) is 0.892. The van der Waals surface area contributed by atoms with Gasteiger partial charge in [-0.15, -0.1) is 0 Å². The maximum Gasteiger partial charge on any atom is 0.326 e. The number of carbonyl (C=O) groups is 2. The Balaban J connectivity index is 2.59. The van der Waals surface area contributed by atoms with Gasteiger partial charge in [0.1, 0.15) is 6.04 Å². The van der Waals surface area contributed by atoms with Gasteiger partial charge in [0.2, 0.25) is 5.91 Å². The van der Waals surface area contributed by atoms with Gasteiger partial charge in [0.25, 0.3) is 0 Å². The number of nitrogens with zero attached hydrogens (tertiary/aromatic N) is 1. The average molecular weight is 278 g/mol. The second-order valence-corrected chi connectivity index (χ2v) is 4.61. The third kappa shape index (κ3) is 5.40. The number of aliphatic carboxylic acids is 1. The fraction of sp³-hybridized carbons (Fsp3) is 0.467. The Hall–Kier alpha value is -1.88. The number of hydrogen-bond acceptors (Lipinski definition) is 3. The van der Waals surface area contributed by atoms with Gasteiger partial charge in [-0.25, -0.2) is 4.79 Å². The number of rotatable bonds is 8. The molecule has 0 aliphatic heterocycles. The van der Waals surface area contributed by atoms with E-state index in [1.54, 1.807) is 0 Å². The second kappa shape index (κ2) is 8.32. The first-order valence-electron chi connectivity index (χ1n) is 6.85. The first-order valence-corrected chi connectivity index (χ1v) is 6.85. The van der Waals surface area contributed by atoms with Gasteiger partial charge in [-0.3, -0.25) is 9.69 Å². The van der Waals surface area contributed by atoms with E-state index in [1.807, 2.05) is 49.1 Å².